The largest absolute Gasteiger partial charge is 0.478 e. The van der Waals surface area contributed by atoms with E-state index in [-0.39, 0.29) is 23.3 Å². The zero-order chi connectivity index (χ0) is 15.7. The van der Waals surface area contributed by atoms with Crippen LogP contribution in [-0.4, -0.2) is 17.0 Å². The number of hydrogen-bond donors (Lipinski definition) is 2. The van der Waals surface area contributed by atoms with Crippen LogP contribution in [-0.2, 0) is 0 Å². The van der Waals surface area contributed by atoms with E-state index in [0.717, 1.165) is 30.2 Å². The Morgan fingerprint density at radius 1 is 1.32 bits per heavy atom. The Bertz CT molecular complexity index is 715. The second-order valence-corrected chi connectivity index (χ2v) is 5.65. The fourth-order valence-corrected chi connectivity index (χ4v) is 2.59. The van der Waals surface area contributed by atoms with Gasteiger partial charge in [-0.25, -0.2) is 4.79 Å². The van der Waals surface area contributed by atoms with Crippen LogP contribution in [0.15, 0.2) is 41.0 Å². The number of carboxylic acid groups (broad SMARTS) is 1. The molecule has 22 heavy (non-hydrogen) atoms. The molecule has 2 N–H and O–H groups in total. The van der Waals surface area contributed by atoms with Gasteiger partial charge in [0.05, 0.1) is 11.6 Å². The van der Waals surface area contributed by atoms with Gasteiger partial charge in [0.15, 0.2) is 5.76 Å². The second-order valence-electron chi connectivity index (χ2n) is 5.65. The molecule has 1 atom stereocenters. The number of benzene rings is 1. The third kappa shape index (κ3) is 2.88. The number of furan rings is 1. The summed E-state index contributed by atoms with van der Waals surface area (Å²) in [6, 6.07) is 9.15. The first-order chi connectivity index (χ1) is 10.6. The van der Waals surface area contributed by atoms with Crippen LogP contribution in [0.5, 0.6) is 0 Å². The summed E-state index contributed by atoms with van der Waals surface area (Å²) in [6.07, 6.45) is 3.24. The molecule has 1 aliphatic rings. The van der Waals surface area contributed by atoms with Crippen LogP contribution in [0.4, 0.5) is 0 Å². The summed E-state index contributed by atoms with van der Waals surface area (Å²) in [5.41, 5.74) is 2.21. The highest BCUT2D eigenvalue weighted by Gasteiger charge is 2.34. The van der Waals surface area contributed by atoms with E-state index in [1.165, 1.54) is 6.07 Å². The third-order valence-electron chi connectivity index (χ3n) is 3.97. The molecular formula is C17H17NO4. The number of hydrogen-bond acceptors (Lipinski definition) is 3. The van der Waals surface area contributed by atoms with Crippen molar-refractivity contribution < 1.29 is 19.1 Å². The van der Waals surface area contributed by atoms with Gasteiger partial charge in [0, 0.05) is 6.07 Å². The zero-order valence-corrected chi connectivity index (χ0v) is 12.2. The highest BCUT2D eigenvalue weighted by Crippen LogP contribution is 2.42. The van der Waals surface area contributed by atoms with E-state index in [0.29, 0.717) is 5.92 Å². The van der Waals surface area contributed by atoms with Crippen LogP contribution in [0.25, 0.3) is 0 Å². The summed E-state index contributed by atoms with van der Waals surface area (Å²) in [5.74, 6) is -1.04. The number of carbonyl (C=O) groups excluding carboxylic acids is 1. The van der Waals surface area contributed by atoms with E-state index in [1.807, 2.05) is 31.2 Å². The zero-order valence-electron chi connectivity index (χ0n) is 12.2. The second kappa shape index (κ2) is 5.67. The Kier molecular flexibility index (Phi) is 3.71. The van der Waals surface area contributed by atoms with Gasteiger partial charge < -0.3 is 14.8 Å². The number of nitrogens with one attached hydrogen (secondary N) is 1. The average Bonchev–Trinajstić information content (AvgIpc) is 3.20. The first-order valence-electron chi connectivity index (χ1n) is 7.24. The van der Waals surface area contributed by atoms with Gasteiger partial charge in [-0.2, -0.15) is 0 Å². The molecule has 1 amide bonds. The van der Waals surface area contributed by atoms with E-state index in [9.17, 15) is 9.59 Å². The molecule has 1 aliphatic carbocycles. The normalized spacial score (nSPS) is 15.3. The standard InChI is InChI=1S/C17H17NO4/c1-10-4-2-3-5-13(10)15(11-6-7-11)18-16(19)14-8-12(9-22-14)17(20)21/h2-5,8-9,11,15H,6-7H2,1H3,(H,18,19)(H,20,21). The number of rotatable bonds is 5. The third-order valence-corrected chi connectivity index (χ3v) is 3.97. The maximum absolute atomic E-state index is 12.3. The van der Waals surface area contributed by atoms with Crippen molar-refractivity contribution in [1.29, 1.82) is 0 Å². The Balaban J connectivity index is 1.80. The molecule has 1 fully saturated rings. The lowest BCUT2D eigenvalue weighted by Crippen LogP contribution is -2.30. The van der Waals surface area contributed by atoms with Crippen molar-refractivity contribution in [2.24, 2.45) is 5.92 Å². The molecule has 1 aromatic heterocycles. The molecule has 5 nitrogen and oxygen atoms in total. The van der Waals surface area contributed by atoms with E-state index in [2.05, 4.69) is 5.32 Å². The molecule has 5 heteroatoms. The van der Waals surface area contributed by atoms with Crippen molar-refractivity contribution in [3.63, 3.8) is 0 Å². The van der Waals surface area contributed by atoms with Crippen LogP contribution in [0.3, 0.4) is 0 Å². The van der Waals surface area contributed by atoms with Crippen molar-refractivity contribution in [1.82, 2.24) is 5.32 Å². The van der Waals surface area contributed by atoms with Crippen LogP contribution in [0.2, 0.25) is 0 Å². The first kappa shape index (κ1) is 14.4. The molecule has 1 saturated carbocycles. The minimum absolute atomic E-state index is 0.0241. The lowest BCUT2D eigenvalue weighted by atomic mass is 9.97. The van der Waals surface area contributed by atoms with Crippen molar-refractivity contribution in [2.75, 3.05) is 0 Å². The summed E-state index contributed by atoms with van der Waals surface area (Å²) < 4.78 is 5.06. The van der Waals surface area contributed by atoms with Crippen molar-refractivity contribution in [3.05, 3.63) is 59.0 Å². The van der Waals surface area contributed by atoms with Gasteiger partial charge in [-0.05, 0) is 36.8 Å². The Morgan fingerprint density at radius 3 is 2.64 bits per heavy atom. The molecule has 1 heterocycles. The maximum atomic E-state index is 12.3. The summed E-state index contributed by atoms with van der Waals surface area (Å²) in [6.45, 7) is 2.02. The molecule has 114 valence electrons. The highest BCUT2D eigenvalue weighted by molar-refractivity contribution is 5.95. The molecule has 2 aromatic rings. The number of carboxylic acids is 1. The quantitative estimate of drug-likeness (QED) is 0.888. The first-order valence-corrected chi connectivity index (χ1v) is 7.24. The van der Waals surface area contributed by atoms with Crippen LogP contribution in [0.1, 0.15) is 50.9 Å². The predicted octanol–water partition coefficient (Wildman–Crippen LogP) is 3.17. The summed E-state index contributed by atoms with van der Waals surface area (Å²) in [4.78, 5) is 23.2. The monoisotopic (exact) mass is 299 g/mol. The minimum atomic E-state index is -1.11. The molecule has 1 unspecified atom stereocenters. The lowest BCUT2D eigenvalue weighted by Gasteiger charge is -2.20. The van der Waals surface area contributed by atoms with Gasteiger partial charge in [0.1, 0.15) is 6.26 Å². The van der Waals surface area contributed by atoms with Crippen LogP contribution >= 0.6 is 0 Å². The van der Waals surface area contributed by atoms with E-state index < -0.39 is 5.97 Å². The van der Waals surface area contributed by atoms with Crippen LogP contribution < -0.4 is 5.32 Å². The van der Waals surface area contributed by atoms with Crippen LogP contribution in [0, 0.1) is 12.8 Å². The van der Waals surface area contributed by atoms with Gasteiger partial charge in [-0.3, -0.25) is 4.79 Å². The predicted molar refractivity (Wildman–Crippen MR) is 79.8 cm³/mol. The number of carbonyl (C=O) groups is 2. The van der Waals surface area contributed by atoms with Gasteiger partial charge in [0.25, 0.3) is 5.91 Å². The van der Waals surface area contributed by atoms with Gasteiger partial charge >= 0.3 is 5.97 Å². The molecular weight excluding hydrogens is 282 g/mol. The molecule has 0 spiro atoms. The van der Waals surface area contributed by atoms with E-state index in [1.54, 1.807) is 0 Å². The Labute approximate surface area is 127 Å². The summed E-state index contributed by atoms with van der Waals surface area (Å²) in [7, 11) is 0. The van der Waals surface area contributed by atoms with E-state index in [4.69, 9.17) is 9.52 Å². The van der Waals surface area contributed by atoms with Gasteiger partial charge in [-0.1, -0.05) is 24.3 Å². The topological polar surface area (TPSA) is 79.5 Å². The van der Waals surface area contributed by atoms with E-state index >= 15 is 0 Å². The maximum Gasteiger partial charge on any atom is 0.338 e. The number of aryl methyl sites for hydroxylation is 1. The summed E-state index contributed by atoms with van der Waals surface area (Å²) >= 11 is 0. The fraction of sp³-hybridized carbons (Fsp3) is 0.294. The SMILES string of the molecule is Cc1ccccc1C(NC(=O)c1cc(C(=O)O)co1)C1CC1. The Hall–Kier alpha value is -2.56. The molecule has 3 rings (SSSR count). The van der Waals surface area contributed by atoms with Crippen molar-refractivity contribution in [2.45, 2.75) is 25.8 Å². The lowest BCUT2D eigenvalue weighted by molar-refractivity contribution is 0.0695. The smallest absolute Gasteiger partial charge is 0.338 e. The molecule has 1 aromatic carbocycles. The number of amides is 1. The highest BCUT2D eigenvalue weighted by atomic mass is 16.4. The van der Waals surface area contributed by atoms with Gasteiger partial charge in [-0.15, -0.1) is 0 Å². The average molecular weight is 299 g/mol. The van der Waals surface area contributed by atoms with Crippen molar-refractivity contribution >= 4 is 11.9 Å². The minimum Gasteiger partial charge on any atom is -0.478 e. The van der Waals surface area contributed by atoms with Gasteiger partial charge in [0.2, 0.25) is 0 Å². The Morgan fingerprint density at radius 2 is 2.05 bits per heavy atom. The molecule has 0 saturated heterocycles. The molecule has 0 radical (unpaired) electrons. The van der Waals surface area contributed by atoms with Crippen molar-refractivity contribution in [3.8, 4) is 0 Å². The molecule has 0 aliphatic heterocycles. The molecule has 0 bridgehead atoms. The summed E-state index contributed by atoms with van der Waals surface area (Å²) in [5, 5.41) is 11.9. The fourth-order valence-electron chi connectivity index (χ4n) is 2.59. The number of aromatic carboxylic acids is 1.